The third-order valence-corrected chi connectivity index (χ3v) is 5.81. The van der Waals surface area contributed by atoms with E-state index in [1.807, 2.05) is 18.2 Å². The first-order valence-corrected chi connectivity index (χ1v) is 11.1. The fourth-order valence-corrected chi connectivity index (χ4v) is 4.12. The van der Waals surface area contributed by atoms with E-state index in [2.05, 4.69) is 20.9 Å². The van der Waals surface area contributed by atoms with Crippen molar-refractivity contribution < 1.29 is 28.7 Å². The van der Waals surface area contributed by atoms with Crippen LogP contribution in [0.25, 0.3) is 0 Å². The lowest BCUT2D eigenvalue weighted by atomic mass is 9.81. The summed E-state index contributed by atoms with van der Waals surface area (Å²) in [4.78, 5) is 31.0. The summed E-state index contributed by atoms with van der Waals surface area (Å²) in [6.45, 7) is 3.05. The number of pyridine rings is 2. The number of cyclic esters (lactones) is 1. The van der Waals surface area contributed by atoms with Gasteiger partial charge in [0, 0.05) is 48.4 Å². The number of esters is 1. The summed E-state index contributed by atoms with van der Waals surface area (Å²) >= 11 is 3.42. The molecule has 2 aromatic heterocycles. The fourth-order valence-electron chi connectivity index (χ4n) is 3.85. The van der Waals surface area contributed by atoms with E-state index in [1.54, 1.807) is 53.4 Å². The average Bonchev–Trinajstić information content (AvgIpc) is 2.79. The van der Waals surface area contributed by atoms with Crippen LogP contribution in [0.3, 0.4) is 0 Å². The second-order valence-corrected chi connectivity index (χ2v) is 8.92. The molecule has 1 aliphatic rings. The fraction of sp³-hybridized carbons (Fsp3) is 0.200. The third kappa shape index (κ3) is 4.80. The Bertz CT molecular complexity index is 1190. The van der Waals surface area contributed by atoms with Crippen LogP contribution in [-0.2, 0) is 14.3 Å². The molecule has 2 unspecified atom stereocenters. The van der Waals surface area contributed by atoms with Gasteiger partial charge in [0.1, 0.15) is 5.57 Å². The van der Waals surface area contributed by atoms with Gasteiger partial charge in [0.2, 0.25) is 11.8 Å². The molecule has 3 aromatic rings. The van der Waals surface area contributed by atoms with Crippen molar-refractivity contribution in [3.63, 3.8) is 0 Å². The maximum atomic E-state index is 13.9. The molecule has 0 aliphatic carbocycles. The Morgan fingerprint density at radius 3 is 2.27 bits per heavy atom. The van der Waals surface area contributed by atoms with Crippen molar-refractivity contribution in [3.05, 3.63) is 107 Å². The van der Waals surface area contributed by atoms with Gasteiger partial charge in [-0.3, -0.25) is 9.78 Å². The number of aromatic nitrogens is 2. The molecule has 0 bridgehead atoms. The van der Waals surface area contributed by atoms with E-state index in [1.165, 1.54) is 26.2 Å². The minimum atomic E-state index is -1.33. The van der Waals surface area contributed by atoms with Gasteiger partial charge in [0.15, 0.2) is 12.4 Å². The first-order chi connectivity index (χ1) is 15.8. The van der Waals surface area contributed by atoms with Crippen LogP contribution >= 0.6 is 15.9 Å². The minimum Gasteiger partial charge on any atom is -0.480 e. The van der Waals surface area contributed by atoms with E-state index in [0.29, 0.717) is 11.1 Å². The van der Waals surface area contributed by atoms with Crippen molar-refractivity contribution >= 4 is 27.7 Å². The number of hydrogen-bond acceptors (Lipinski definition) is 6. The van der Waals surface area contributed by atoms with Gasteiger partial charge in [-0.1, -0.05) is 34.1 Å². The molecular formula is C25H22BrN2O5+. The number of nitrogens with zero attached hydrogens (tertiary/aromatic N) is 2. The van der Waals surface area contributed by atoms with E-state index in [9.17, 15) is 14.7 Å². The molecule has 0 saturated heterocycles. The molecule has 1 N–H and O–H groups in total. The largest absolute Gasteiger partial charge is 0.480 e. The van der Waals surface area contributed by atoms with Crippen molar-refractivity contribution in [1.82, 2.24) is 4.98 Å². The first kappa shape index (κ1) is 22.7. The number of rotatable bonds is 6. The predicted octanol–water partition coefficient (Wildman–Crippen LogP) is 4.42. The van der Waals surface area contributed by atoms with E-state index >= 15 is 0 Å². The Balaban J connectivity index is 1.96. The Hall–Kier alpha value is -3.52. The second kappa shape index (κ2) is 9.15. The van der Waals surface area contributed by atoms with Crippen LogP contribution in [0, 0.1) is 0 Å². The molecule has 0 radical (unpaired) electrons. The number of ether oxygens (including phenoxy) is 2. The molecule has 168 valence electrons. The number of Topliss-reactive ketones (excluding diaryl/α,β-unsaturated/α-hetero) is 1. The van der Waals surface area contributed by atoms with E-state index < -0.39 is 29.7 Å². The maximum Gasteiger partial charge on any atom is 0.345 e. The van der Waals surface area contributed by atoms with E-state index in [-0.39, 0.29) is 11.4 Å². The van der Waals surface area contributed by atoms with Crippen molar-refractivity contribution in [1.29, 1.82) is 0 Å². The summed E-state index contributed by atoms with van der Waals surface area (Å²) in [5.41, 5.74) is 0.920. The lowest BCUT2D eigenvalue weighted by molar-refractivity contribution is -0.710. The van der Waals surface area contributed by atoms with Gasteiger partial charge in [0.25, 0.3) is 11.7 Å². The number of aliphatic hydroxyl groups is 1. The highest BCUT2D eigenvalue weighted by atomic mass is 79.9. The zero-order valence-corrected chi connectivity index (χ0v) is 19.6. The van der Waals surface area contributed by atoms with Gasteiger partial charge in [-0.15, -0.1) is 0 Å². The van der Waals surface area contributed by atoms with Gasteiger partial charge in [0.05, 0.1) is 5.92 Å². The van der Waals surface area contributed by atoms with E-state index in [0.717, 1.165) is 4.47 Å². The summed E-state index contributed by atoms with van der Waals surface area (Å²) < 4.78 is 13.5. The average molecular weight is 510 g/mol. The van der Waals surface area contributed by atoms with Crippen LogP contribution in [0.2, 0.25) is 0 Å². The molecule has 33 heavy (non-hydrogen) atoms. The number of aliphatic hydroxyl groups excluding tert-OH is 1. The molecule has 4 rings (SSSR count). The summed E-state index contributed by atoms with van der Waals surface area (Å²) in [5.74, 6) is -3.82. The predicted molar refractivity (Wildman–Crippen MR) is 122 cm³/mol. The van der Waals surface area contributed by atoms with Gasteiger partial charge < -0.3 is 14.6 Å². The highest BCUT2D eigenvalue weighted by molar-refractivity contribution is 9.10. The first-order valence-electron chi connectivity index (χ1n) is 10.3. The van der Waals surface area contributed by atoms with Crippen molar-refractivity contribution in [3.8, 4) is 0 Å². The van der Waals surface area contributed by atoms with Crippen molar-refractivity contribution in [2.45, 2.75) is 31.6 Å². The van der Waals surface area contributed by atoms with Crippen LogP contribution in [0.1, 0.15) is 41.7 Å². The highest BCUT2D eigenvalue weighted by Crippen LogP contribution is 2.40. The molecule has 0 fully saturated rings. The Labute approximate surface area is 199 Å². The lowest BCUT2D eigenvalue weighted by Gasteiger charge is -2.34. The zero-order chi connectivity index (χ0) is 23.6. The molecule has 3 heterocycles. The van der Waals surface area contributed by atoms with Crippen molar-refractivity contribution in [2.75, 3.05) is 0 Å². The summed E-state index contributed by atoms with van der Waals surface area (Å²) in [6.07, 6.45) is 6.55. The Morgan fingerprint density at radius 1 is 1.03 bits per heavy atom. The summed E-state index contributed by atoms with van der Waals surface area (Å²) in [6, 6.07) is 14.9. The smallest absolute Gasteiger partial charge is 0.345 e. The molecule has 2 atom stereocenters. The molecule has 1 aromatic carbocycles. The van der Waals surface area contributed by atoms with Crippen LogP contribution in [0.4, 0.5) is 0 Å². The second-order valence-electron chi connectivity index (χ2n) is 8.01. The normalized spacial score (nSPS) is 17.0. The number of carbonyl (C=O) groups excluding carboxylic acids is 2. The van der Waals surface area contributed by atoms with Gasteiger partial charge in [-0.25, -0.2) is 4.79 Å². The molecule has 0 spiro atoms. The summed E-state index contributed by atoms with van der Waals surface area (Å²) in [7, 11) is 0. The SMILES string of the molecule is CC1(C)OC(=O)C(C(c2ccc(Br)cc2)C(C(=O)c2ccncc2)[n+]2ccccc2)=C(O)O1. The lowest BCUT2D eigenvalue weighted by Crippen LogP contribution is -2.49. The maximum absolute atomic E-state index is 13.9. The molecule has 8 heteroatoms. The monoisotopic (exact) mass is 509 g/mol. The molecule has 0 amide bonds. The number of hydrogen-bond donors (Lipinski definition) is 1. The number of halogens is 1. The van der Waals surface area contributed by atoms with Crippen LogP contribution in [0.15, 0.2) is 95.4 Å². The molecule has 1 aliphatic heterocycles. The Morgan fingerprint density at radius 2 is 1.67 bits per heavy atom. The Kier molecular flexibility index (Phi) is 6.29. The van der Waals surface area contributed by atoms with Crippen LogP contribution in [0.5, 0.6) is 0 Å². The van der Waals surface area contributed by atoms with E-state index in [4.69, 9.17) is 9.47 Å². The van der Waals surface area contributed by atoms with Crippen LogP contribution in [-0.4, -0.2) is 27.6 Å². The van der Waals surface area contributed by atoms with Crippen LogP contribution < -0.4 is 4.57 Å². The zero-order valence-electron chi connectivity index (χ0n) is 18.0. The minimum absolute atomic E-state index is 0.125. The summed E-state index contributed by atoms with van der Waals surface area (Å²) in [5, 5.41) is 10.8. The standard InChI is InChI=1S/C25H21BrN2O5/c1-25(2)32-23(30)20(24(31)33-25)19(16-6-8-18(26)9-7-16)21(28-14-4-3-5-15-28)22(29)17-10-12-27-13-11-17/h3-15,19,21H,1-2H3/p+1. The van der Waals surface area contributed by atoms with Crippen molar-refractivity contribution in [2.24, 2.45) is 0 Å². The number of carbonyl (C=O) groups is 2. The van der Waals surface area contributed by atoms with Gasteiger partial charge in [-0.05, 0) is 29.8 Å². The topological polar surface area (TPSA) is 89.6 Å². The highest BCUT2D eigenvalue weighted by Gasteiger charge is 2.48. The third-order valence-electron chi connectivity index (χ3n) is 5.28. The molecular weight excluding hydrogens is 488 g/mol. The van der Waals surface area contributed by atoms with Gasteiger partial charge >= 0.3 is 5.97 Å². The number of benzene rings is 1. The number of ketones is 1. The quantitative estimate of drug-likeness (QED) is 0.300. The molecule has 0 saturated carbocycles. The molecule has 7 nitrogen and oxygen atoms in total. The van der Waals surface area contributed by atoms with Gasteiger partial charge in [-0.2, -0.15) is 4.57 Å².